The minimum absolute atomic E-state index is 0.0894. The minimum Gasteiger partial charge on any atom is -0.480 e. The summed E-state index contributed by atoms with van der Waals surface area (Å²) in [7, 11) is -3.91. The van der Waals surface area contributed by atoms with Crippen molar-refractivity contribution in [2.24, 2.45) is 5.14 Å². The van der Waals surface area contributed by atoms with E-state index in [0.29, 0.717) is 22.5 Å². The van der Waals surface area contributed by atoms with Crippen LogP contribution in [0.2, 0.25) is 0 Å². The Morgan fingerprint density at radius 3 is 2.54 bits per heavy atom. The molecule has 0 aliphatic carbocycles. The second-order valence-corrected chi connectivity index (χ2v) is 7.13. The number of aryl methyl sites for hydroxylation is 1. The number of nitrogens with two attached hydrogens (primary N) is 1. The fourth-order valence-electron chi connectivity index (χ4n) is 2.42. The van der Waals surface area contributed by atoms with Gasteiger partial charge >= 0.3 is 5.97 Å². The molecule has 0 bridgehead atoms. The second kappa shape index (κ2) is 6.65. The Bertz CT molecular complexity index is 1080. The molecular formula is C16H15N5O4S. The number of carboxylic acids is 1. The molecule has 9 nitrogen and oxygen atoms in total. The van der Waals surface area contributed by atoms with Gasteiger partial charge in [0.05, 0.1) is 4.90 Å². The predicted molar refractivity (Wildman–Crippen MR) is 92.4 cm³/mol. The molecule has 0 saturated heterocycles. The number of aromatic nitrogens is 4. The van der Waals surface area contributed by atoms with Gasteiger partial charge in [-0.3, -0.25) is 9.78 Å². The summed E-state index contributed by atoms with van der Waals surface area (Å²) >= 11 is 0. The smallest absolute Gasteiger partial charge is 0.325 e. The molecule has 0 aliphatic rings. The van der Waals surface area contributed by atoms with Crippen LogP contribution in [0.1, 0.15) is 5.56 Å². The van der Waals surface area contributed by atoms with Crippen LogP contribution in [0.4, 0.5) is 0 Å². The molecule has 0 radical (unpaired) electrons. The SMILES string of the molecule is Cc1ccc(S(N)(=O)=O)cc1-c1nc(-c2ccncc2)nn1CC(=O)O. The Hall–Kier alpha value is -3.11. The van der Waals surface area contributed by atoms with Crippen molar-refractivity contribution in [3.63, 3.8) is 0 Å². The van der Waals surface area contributed by atoms with Crippen molar-refractivity contribution in [2.45, 2.75) is 18.4 Å². The van der Waals surface area contributed by atoms with Crippen LogP contribution in [0.15, 0.2) is 47.6 Å². The maximum absolute atomic E-state index is 11.7. The summed E-state index contributed by atoms with van der Waals surface area (Å²) in [5.41, 5.74) is 1.80. The van der Waals surface area contributed by atoms with E-state index in [1.54, 1.807) is 37.5 Å². The van der Waals surface area contributed by atoms with Gasteiger partial charge in [0.2, 0.25) is 10.0 Å². The van der Waals surface area contributed by atoms with Crippen molar-refractivity contribution in [3.05, 3.63) is 48.3 Å². The lowest BCUT2D eigenvalue weighted by Crippen LogP contribution is -2.14. The van der Waals surface area contributed by atoms with E-state index in [2.05, 4.69) is 15.1 Å². The maximum atomic E-state index is 11.7. The van der Waals surface area contributed by atoms with Crippen molar-refractivity contribution in [1.82, 2.24) is 19.7 Å². The summed E-state index contributed by atoms with van der Waals surface area (Å²) in [5, 5.41) is 18.6. The van der Waals surface area contributed by atoms with Gasteiger partial charge in [-0.25, -0.2) is 23.2 Å². The van der Waals surface area contributed by atoms with E-state index in [-0.39, 0.29) is 10.7 Å². The lowest BCUT2D eigenvalue weighted by molar-refractivity contribution is -0.137. The lowest BCUT2D eigenvalue weighted by Gasteiger charge is -2.08. The van der Waals surface area contributed by atoms with Crippen molar-refractivity contribution in [3.8, 4) is 22.8 Å². The molecular weight excluding hydrogens is 358 g/mol. The molecule has 0 aliphatic heterocycles. The van der Waals surface area contributed by atoms with E-state index < -0.39 is 22.5 Å². The molecule has 0 amide bonds. The van der Waals surface area contributed by atoms with Gasteiger partial charge < -0.3 is 5.11 Å². The number of carbonyl (C=O) groups is 1. The Balaban J connectivity index is 2.21. The molecule has 3 aromatic rings. The Labute approximate surface area is 149 Å². The standard InChI is InChI=1S/C16H15N5O4S/c1-10-2-3-12(26(17,24)25)8-13(10)16-19-15(11-4-6-18-7-5-11)20-21(16)9-14(22)23/h2-8H,9H2,1H3,(H,22,23)(H2,17,24,25). The van der Waals surface area contributed by atoms with Gasteiger partial charge in [0, 0.05) is 23.5 Å². The third kappa shape index (κ3) is 3.60. The molecule has 10 heteroatoms. The first kappa shape index (κ1) is 17.7. The van der Waals surface area contributed by atoms with Crippen LogP contribution in [0, 0.1) is 6.92 Å². The quantitative estimate of drug-likeness (QED) is 0.681. The number of pyridine rings is 1. The summed E-state index contributed by atoms with van der Waals surface area (Å²) in [4.78, 5) is 19.4. The number of primary sulfonamides is 1. The number of sulfonamides is 1. The lowest BCUT2D eigenvalue weighted by atomic mass is 10.1. The van der Waals surface area contributed by atoms with Crippen LogP contribution in [-0.4, -0.2) is 39.2 Å². The number of rotatable bonds is 5. The van der Waals surface area contributed by atoms with E-state index in [4.69, 9.17) is 10.2 Å². The fourth-order valence-corrected chi connectivity index (χ4v) is 2.96. The van der Waals surface area contributed by atoms with E-state index in [9.17, 15) is 13.2 Å². The van der Waals surface area contributed by atoms with Gasteiger partial charge in [0.1, 0.15) is 6.54 Å². The zero-order valence-corrected chi connectivity index (χ0v) is 14.5. The summed E-state index contributed by atoms with van der Waals surface area (Å²) in [6, 6.07) is 7.72. The van der Waals surface area contributed by atoms with Gasteiger partial charge in [-0.1, -0.05) is 6.07 Å². The second-order valence-electron chi connectivity index (χ2n) is 5.57. The largest absolute Gasteiger partial charge is 0.480 e. The first-order valence-corrected chi connectivity index (χ1v) is 9.01. The Morgan fingerprint density at radius 1 is 1.23 bits per heavy atom. The van der Waals surface area contributed by atoms with Gasteiger partial charge in [-0.05, 0) is 36.8 Å². The zero-order valence-electron chi connectivity index (χ0n) is 13.7. The van der Waals surface area contributed by atoms with Crippen molar-refractivity contribution >= 4 is 16.0 Å². The molecule has 1 aromatic carbocycles. The monoisotopic (exact) mass is 373 g/mol. The third-order valence-electron chi connectivity index (χ3n) is 3.67. The van der Waals surface area contributed by atoms with Gasteiger partial charge in [0.25, 0.3) is 0 Å². The predicted octanol–water partition coefficient (Wildman–Crippen LogP) is 1.05. The first-order valence-electron chi connectivity index (χ1n) is 7.46. The first-order chi connectivity index (χ1) is 12.3. The number of hydrogen-bond donors (Lipinski definition) is 2. The van der Waals surface area contributed by atoms with Gasteiger partial charge in [-0.15, -0.1) is 5.10 Å². The molecule has 0 unspecified atom stereocenters. The molecule has 3 N–H and O–H groups in total. The van der Waals surface area contributed by atoms with E-state index >= 15 is 0 Å². The van der Waals surface area contributed by atoms with Crippen molar-refractivity contribution < 1.29 is 18.3 Å². The molecule has 134 valence electrons. The molecule has 0 fully saturated rings. The fraction of sp³-hybridized carbons (Fsp3) is 0.125. The molecule has 26 heavy (non-hydrogen) atoms. The highest BCUT2D eigenvalue weighted by Crippen LogP contribution is 2.27. The average molecular weight is 373 g/mol. The van der Waals surface area contributed by atoms with Crippen LogP contribution < -0.4 is 5.14 Å². The van der Waals surface area contributed by atoms with Crippen LogP contribution in [-0.2, 0) is 21.4 Å². The molecule has 0 saturated carbocycles. The summed E-state index contributed by atoms with van der Waals surface area (Å²) < 4.78 is 24.5. The topological polar surface area (TPSA) is 141 Å². The summed E-state index contributed by atoms with van der Waals surface area (Å²) in [5.74, 6) is -0.552. The normalized spacial score (nSPS) is 11.5. The number of carboxylic acid groups (broad SMARTS) is 1. The van der Waals surface area contributed by atoms with E-state index in [1.807, 2.05) is 0 Å². The zero-order chi connectivity index (χ0) is 18.9. The van der Waals surface area contributed by atoms with Crippen LogP contribution >= 0.6 is 0 Å². The average Bonchev–Trinajstić information content (AvgIpc) is 2.98. The molecule has 2 aromatic heterocycles. The van der Waals surface area contributed by atoms with Crippen LogP contribution in [0.5, 0.6) is 0 Å². The molecule has 0 atom stereocenters. The van der Waals surface area contributed by atoms with E-state index in [1.165, 1.54) is 16.8 Å². The highest BCUT2D eigenvalue weighted by Gasteiger charge is 2.19. The van der Waals surface area contributed by atoms with Crippen molar-refractivity contribution in [2.75, 3.05) is 0 Å². The summed E-state index contributed by atoms with van der Waals surface area (Å²) in [6.45, 7) is 1.33. The third-order valence-corrected chi connectivity index (χ3v) is 4.58. The van der Waals surface area contributed by atoms with Gasteiger partial charge in [-0.2, -0.15) is 0 Å². The van der Waals surface area contributed by atoms with Crippen LogP contribution in [0.25, 0.3) is 22.8 Å². The van der Waals surface area contributed by atoms with E-state index in [0.717, 1.165) is 0 Å². The number of nitrogens with zero attached hydrogens (tertiary/aromatic N) is 4. The molecule has 2 heterocycles. The number of aliphatic carboxylic acids is 1. The maximum Gasteiger partial charge on any atom is 0.325 e. The Morgan fingerprint density at radius 2 is 1.92 bits per heavy atom. The van der Waals surface area contributed by atoms with Crippen molar-refractivity contribution in [1.29, 1.82) is 0 Å². The molecule has 0 spiro atoms. The highest BCUT2D eigenvalue weighted by molar-refractivity contribution is 7.89. The number of hydrogen-bond acceptors (Lipinski definition) is 6. The Kier molecular flexibility index (Phi) is 4.53. The highest BCUT2D eigenvalue weighted by atomic mass is 32.2. The summed E-state index contributed by atoms with van der Waals surface area (Å²) in [6.07, 6.45) is 3.14. The number of benzene rings is 1. The minimum atomic E-state index is -3.91. The van der Waals surface area contributed by atoms with Gasteiger partial charge in [0.15, 0.2) is 11.6 Å². The molecule has 3 rings (SSSR count). The van der Waals surface area contributed by atoms with Crippen LogP contribution in [0.3, 0.4) is 0 Å².